The molecule has 0 radical (unpaired) electrons. The number of methoxy groups -OCH3 is 2. The van der Waals surface area contributed by atoms with E-state index in [1.165, 1.54) is 0 Å². The van der Waals surface area contributed by atoms with Gasteiger partial charge < -0.3 is 30.3 Å². The van der Waals surface area contributed by atoms with Crippen LogP contribution in [0.25, 0.3) is 0 Å². The van der Waals surface area contributed by atoms with Gasteiger partial charge in [0.1, 0.15) is 11.5 Å². The first-order chi connectivity index (χ1) is 15.1. The first kappa shape index (κ1) is 25.5. The number of carbonyl (C=O) groups excluding carboxylic acids is 1. The zero-order valence-corrected chi connectivity index (χ0v) is 21.0. The van der Waals surface area contributed by atoms with Crippen LogP contribution in [0.2, 0.25) is 0 Å². The minimum Gasteiger partial charge on any atom is -0.497 e. The zero-order chi connectivity index (χ0) is 22.1. The Hall–Kier alpha value is -2.76. The van der Waals surface area contributed by atoms with Crippen LogP contribution in [0, 0.1) is 0 Å². The van der Waals surface area contributed by atoms with Crippen LogP contribution in [0.5, 0.6) is 11.5 Å². The Labute approximate surface area is 206 Å². The fraction of sp³-hybridized carbons (Fsp3) is 0.409. The molecule has 0 saturated carbocycles. The van der Waals surface area contributed by atoms with E-state index in [0.717, 1.165) is 36.7 Å². The highest BCUT2D eigenvalue weighted by Crippen LogP contribution is 2.30. The quantitative estimate of drug-likeness (QED) is 0.198. The fourth-order valence-electron chi connectivity index (χ4n) is 3.43. The third-order valence-electron chi connectivity index (χ3n) is 5.08. The number of ether oxygens (including phenoxy) is 2. The summed E-state index contributed by atoms with van der Waals surface area (Å²) in [6, 6.07) is 9.64. The Morgan fingerprint density at radius 2 is 1.91 bits per heavy atom. The van der Waals surface area contributed by atoms with E-state index in [0.29, 0.717) is 24.6 Å². The topological polar surface area (TPSA) is 100 Å². The van der Waals surface area contributed by atoms with Crippen molar-refractivity contribution in [2.75, 3.05) is 52.3 Å². The number of amides is 1. The summed E-state index contributed by atoms with van der Waals surface area (Å²) in [7, 11) is 5.05. The summed E-state index contributed by atoms with van der Waals surface area (Å²) in [5, 5.41) is 9.56. The lowest BCUT2D eigenvalue weighted by Gasteiger charge is -2.21. The number of rotatable bonds is 8. The van der Waals surface area contributed by atoms with Gasteiger partial charge in [-0.2, -0.15) is 0 Å². The van der Waals surface area contributed by atoms with Gasteiger partial charge in [0.05, 0.1) is 19.8 Å². The minimum absolute atomic E-state index is 0. The highest BCUT2D eigenvalue weighted by molar-refractivity contribution is 14.0. The van der Waals surface area contributed by atoms with Crippen molar-refractivity contribution in [1.29, 1.82) is 0 Å². The van der Waals surface area contributed by atoms with Gasteiger partial charge in [-0.3, -0.25) is 14.8 Å². The van der Waals surface area contributed by atoms with E-state index < -0.39 is 0 Å². The molecule has 174 valence electrons. The average molecular weight is 554 g/mol. The predicted molar refractivity (Wildman–Crippen MR) is 137 cm³/mol. The van der Waals surface area contributed by atoms with Gasteiger partial charge in [0.25, 0.3) is 5.91 Å². The Morgan fingerprint density at radius 1 is 1.19 bits per heavy atom. The fourth-order valence-corrected chi connectivity index (χ4v) is 3.43. The monoisotopic (exact) mass is 554 g/mol. The largest absolute Gasteiger partial charge is 0.497 e. The molecule has 2 aromatic rings. The number of anilines is 1. The number of benzene rings is 1. The van der Waals surface area contributed by atoms with Crippen LogP contribution in [0.15, 0.2) is 47.7 Å². The van der Waals surface area contributed by atoms with Gasteiger partial charge in [0.15, 0.2) is 5.96 Å². The normalized spacial score (nSPS) is 15.5. The number of carbonyl (C=O) groups is 1. The maximum atomic E-state index is 12.1. The van der Waals surface area contributed by atoms with Crippen LogP contribution in [-0.4, -0.2) is 70.3 Å². The van der Waals surface area contributed by atoms with E-state index in [2.05, 4.69) is 30.8 Å². The second kappa shape index (κ2) is 12.9. The number of guanidine groups is 1. The van der Waals surface area contributed by atoms with Gasteiger partial charge in [0, 0.05) is 75.5 Å². The summed E-state index contributed by atoms with van der Waals surface area (Å²) in [5.74, 6) is 2.12. The van der Waals surface area contributed by atoms with Crippen LogP contribution >= 0.6 is 24.0 Å². The second-order valence-corrected chi connectivity index (χ2v) is 7.14. The third kappa shape index (κ3) is 7.14. The van der Waals surface area contributed by atoms with E-state index in [4.69, 9.17) is 9.47 Å². The Morgan fingerprint density at radius 3 is 2.53 bits per heavy atom. The van der Waals surface area contributed by atoms with E-state index >= 15 is 0 Å². The van der Waals surface area contributed by atoms with E-state index in [1.807, 2.05) is 18.2 Å². The number of aliphatic imine (C=N–C) groups is 1. The maximum Gasteiger partial charge on any atom is 0.252 e. The molecular formula is C22H31IN6O3. The highest BCUT2D eigenvalue weighted by Gasteiger charge is 2.24. The third-order valence-corrected chi connectivity index (χ3v) is 5.08. The van der Waals surface area contributed by atoms with Gasteiger partial charge in [-0.1, -0.05) is 0 Å². The number of hydrogen-bond acceptors (Lipinski definition) is 6. The molecule has 1 aliphatic heterocycles. The second-order valence-electron chi connectivity index (χ2n) is 7.14. The molecule has 1 amide bonds. The van der Waals surface area contributed by atoms with Crippen LogP contribution in [0.1, 0.15) is 16.8 Å². The molecule has 1 unspecified atom stereocenters. The molecule has 9 nitrogen and oxygen atoms in total. The summed E-state index contributed by atoms with van der Waals surface area (Å²) in [6.45, 7) is 2.81. The number of hydrogen-bond donors (Lipinski definition) is 3. The summed E-state index contributed by atoms with van der Waals surface area (Å²) in [6.07, 6.45) is 4.17. The van der Waals surface area contributed by atoms with E-state index in [-0.39, 0.29) is 35.9 Å². The molecule has 1 fully saturated rings. The van der Waals surface area contributed by atoms with Crippen LogP contribution < -0.4 is 30.3 Å². The lowest BCUT2D eigenvalue weighted by Crippen LogP contribution is -2.46. The van der Waals surface area contributed by atoms with Crippen molar-refractivity contribution in [3.05, 3.63) is 48.3 Å². The van der Waals surface area contributed by atoms with Crippen molar-refractivity contribution in [2.24, 2.45) is 4.99 Å². The van der Waals surface area contributed by atoms with Crippen LogP contribution in [0.4, 0.5) is 5.69 Å². The highest BCUT2D eigenvalue weighted by atomic mass is 127. The van der Waals surface area contributed by atoms with Crippen molar-refractivity contribution < 1.29 is 14.3 Å². The van der Waals surface area contributed by atoms with Gasteiger partial charge in [0.2, 0.25) is 0 Å². The van der Waals surface area contributed by atoms with Gasteiger partial charge in [-0.15, -0.1) is 24.0 Å². The molecule has 1 aromatic heterocycles. The summed E-state index contributed by atoms with van der Waals surface area (Å²) in [4.78, 5) is 22.6. The Kier molecular flexibility index (Phi) is 10.3. The molecular weight excluding hydrogens is 523 g/mol. The van der Waals surface area contributed by atoms with Crippen molar-refractivity contribution in [3.8, 4) is 11.5 Å². The van der Waals surface area contributed by atoms with Crippen molar-refractivity contribution >= 4 is 41.5 Å². The molecule has 0 aliphatic carbocycles. The molecule has 0 spiro atoms. The predicted octanol–water partition coefficient (Wildman–Crippen LogP) is 1.89. The number of nitrogens with zero attached hydrogens (tertiary/aromatic N) is 3. The van der Waals surface area contributed by atoms with Crippen LogP contribution in [0.3, 0.4) is 0 Å². The Bertz CT molecular complexity index is 874. The van der Waals surface area contributed by atoms with E-state index in [9.17, 15) is 4.79 Å². The van der Waals surface area contributed by atoms with Gasteiger partial charge in [-0.05, 0) is 18.6 Å². The average Bonchev–Trinajstić information content (AvgIpc) is 3.29. The Balaban J connectivity index is 0.00000363. The minimum atomic E-state index is -0.141. The SMILES string of the molecule is CN=C(NCCNC(=O)c1cccnc1)NC1CCN(c2cc(OC)cc(OC)c2)C1.I. The smallest absolute Gasteiger partial charge is 0.252 e. The molecule has 3 rings (SSSR count). The lowest BCUT2D eigenvalue weighted by atomic mass is 10.2. The number of aromatic nitrogens is 1. The van der Waals surface area contributed by atoms with Crippen molar-refractivity contribution in [1.82, 2.24) is 20.9 Å². The maximum absolute atomic E-state index is 12.1. The molecule has 0 bridgehead atoms. The number of nitrogens with one attached hydrogen (secondary N) is 3. The molecule has 1 saturated heterocycles. The van der Waals surface area contributed by atoms with Crippen molar-refractivity contribution in [3.63, 3.8) is 0 Å². The lowest BCUT2D eigenvalue weighted by molar-refractivity contribution is 0.0954. The molecule has 2 heterocycles. The van der Waals surface area contributed by atoms with Gasteiger partial charge in [-0.25, -0.2) is 0 Å². The van der Waals surface area contributed by atoms with E-state index in [1.54, 1.807) is 45.8 Å². The molecule has 1 aliphatic rings. The first-order valence-electron chi connectivity index (χ1n) is 10.3. The summed E-state index contributed by atoms with van der Waals surface area (Å²) in [5.41, 5.74) is 1.62. The number of halogens is 1. The molecule has 32 heavy (non-hydrogen) atoms. The van der Waals surface area contributed by atoms with Gasteiger partial charge >= 0.3 is 0 Å². The molecule has 3 N–H and O–H groups in total. The van der Waals surface area contributed by atoms with Crippen molar-refractivity contribution in [2.45, 2.75) is 12.5 Å². The molecule has 1 aromatic carbocycles. The van der Waals surface area contributed by atoms with Crippen LogP contribution in [-0.2, 0) is 0 Å². The number of pyridine rings is 1. The molecule has 1 atom stereocenters. The zero-order valence-electron chi connectivity index (χ0n) is 18.6. The summed E-state index contributed by atoms with van der Waals surface area (Å²) < 4.78 is 10.8. The standard InChI is InChI=1S/C22H30N6O3.HI/c1-23-22(26-9-8-25-21(29)16-5-4-7-24-14-16)27-17-6-10-28(15-17)18-11-19(30-2)13-20(12-18)31-3;/h4-5,7,11-14,17H,6,8-10,15H2,1-3H3,(H,25,29)(H2,23,26,27);1H. The summed E-state index contributed by atoms with van der Waals surface area (Å²) >= 11 is 0. The molecule has 10 heteroatoms. The first-order valence-corrected chi connectivity index (χ1v) is 10.3.